The first kappa shape index (κ1) is 15.4. The molecule has 2 aromatic carbocycles. The predicted molar refractivity (Wildman–Crippen MR) is 90.6 cm³/mol. The van der Waals surface area contributed by atoms with Crippen LogP contribution in [0, 0.1) is 6.57 Å². The number of aromatic carboxylic acids is 1. The third kappa shape index (κ3) is 2.85. The van der Waals surface area contributed by atoms with Crippen molar-refractivity contribution in [2.75, 3.05) is 0 Å². The standard InChI is InChI=1S/C19H14N2O3/c1-20-16-12-21(2)18(19(22)23)17(16)13-8-10-15(11-9-13)24-14-6-4-3-5-7-14/h3-12H,2H3,(H,22,23). The van der Waals surface area contributed by atoms with Gasteiger partial charge in [-0.1, -0.05) is 30.3 Å². The van der Waals surface area contributed by atoms with Gasteiger partial charge in [0.25, 0.3) is 0 Å². The summed E-state index contributed by atoms with van der Waals surface area (Å²) in [5.74, 6) is 0.298. The number of carboxylic acids is 1. The Kier molecular flexibility index (Phi) is 4.04. The molecule has 0 radical (unpaired) electrons. The molecule has 24 heavy (non-hydrogen) atoms. The lowest BCUT2D eigenvalue weighted by Gasteiger charge is -2.08. The summed E-state index contributed by atoms with van der Waals surface area (Å²) in [6, 6.07) is 16.4. The highest BCUT2D eigenvalue weighted by atomic mass is 16.5. The number of aromatic nitrogens is 1. The summed E-state index contributed by atoms with van der Waals surface area (Å²) in [6.07, 6.45) is 1.53. The van der Waals surface area contributed by atoms with E-state index < -0.39 is 5.97 Å². The van der Waals surface area contributed by atoms with E-state index in [0.717, 1.165) is 5.75 Å². The molecule has 0 saturated heterocycles. The highest BCUT2D eigenvalue weighted by Crippen LogP contribution is 2.36. The van der Waals surface area contributed by atoms with Gasteiger partial charge in [0, 0.05) is 18.8 Å². The van der Waals surface area contributed by atoms with Crippen LogP contribution in [0.25, 0.3) is 16.0 Å². The van der Waals surface area contributed by atoms with Crippen molar-refractivity contribution in [1.82, 2.24) is 4.57 Å². The van der Waals surface area contributed by atoms with Crippen LogP contribution in [0.2, 0.25) is 0 Å². The van der Waals surface area contributed by atoms with Crippen molar-refractivity contribution >= 4 is 11.7 Å². The van der Waals surface area contributed by atoms with Crippen molar-refractivity contribution in [2.24, 2.45) is 7.05 Å². The number of carboxylic acid groups (broad SMARTS) is 1. The molecule has 0 amide bonds. The Bertz CT molecular complexity index is 920. The van der Waals surface area contributed by atoms with E-state index in [4.69, 9.17) is 11.3 Å². The largest absolute Gasteiger partial charge is 0.477 e. The molecule has 3 rings (SSSR count). The smallest absolute Gasteiger partial charge is 0.351 e. The summed E-state index contributed by atoms with van der Waals surface area (Å²) in [5.41, 5.74) is 1.50. The summed E-state index contributed by atoms with van der Waals surface area (Å²) < 4.78 is 7.18. The van der Waals surface area contributed by atoms with Gasteiger partial charge in [0.15, 0.2) is 0 Å². The molecule has 3 aromatic rings. The predicted octanol–water partition coefficient (Wildman–Crippen LogP) is 4.73. The Hall–Kier alpha value is -3.52. The molecule has 5 nitrogen and oxygen atoms in total. The molecular formula is C19H14N2O3. The zero-order valence-electron chi connectivity index (χ0n) is 12.9. The van der Waals surface area contributed by atoms with Crippen molar-refractivity contribution in [2.45, 2.75) is 0 Å². The average molecular weight is 318 g/mol. The summed E-state index contributed by atoms with van der Waals surface area (Å²) in [5, 5.41) is 9.42. The van der Waals surface area contributed by atoms with E-state index in [1.54, 1.807) is 31.3 Å². The number of benzene rings is 2. The number of nitrogens with zero attached hydrogens (tertiary/aromatic N) is 2. The molecule has 0 saturated carbocycles. The van der Waals surface area contributed by atoms with Crippen LogP contribution in [0.15, 0.2) is 60.8 Å². The third-order valence-corrected chi connectivity index (χ3v) is 3.61. The van der Waals surface area contributed by atoms with Gasteiger partial charge in [0.1, 0.15) is 17.2 Å². The van der Waals surface area contributed by atoms with Crippen molar-refractivity contribution in [3.05, 3.63) is 77.9 Å². The van der Waals surface area contributed by atoms with Crippen LogP contribution < -0.4 is 4.74 Å². The average Bonchev–Trinajstić information content (AvgIpc) is 2.93. The normalized spacial score (nSPS) is 10.2. The molecule has 0 aliphatic heterocycles. The van der Waals surface area contributed by atoms with Gasteiger partial charge < -0.3 is 14.4 Å². The molecule has 0 aliphatic rings. The number of hydrogen-bond acceptors (Lipinski definition) is 2. The summed E-state index contributed by atoms with van der Waals surface area (Å²) in [6.45, 7) is 7.27. The van der Waals surface area contributed by atoms with E-state index in [1.807, 2.05) is 30.3 Å². The zero-order valence-corrected chi connectivity index (χ0v) is 12.9. The maximum atomic E-state index is 11.5. The highest BCUT2D eigenvalue weighted by molar-refractivity contribution is 5.99. The fraction of sp³-hybridized carbons (Fsp3) is 0.0526. The number of para-hydroxylation sites is 1. The van der Waals surface area contributed by atoms with Crippen LogP contribution in [-0.2, 0) is 7.05 Å². The fourth-order valence-electron chi connectivity index (χ4n) is 2.55. The van der Waals surface area contributed by atoms with Crippen LogP contribution in [0.1, 0.15) is 10.5 Å². The monoisotopic (exact) mass is 318 g/mol. The molecule has 1 aromatic heterocycles. The molecule has 118 valence electrons. The lowest BCUT2D eigenvalue weighted by Crippen LogP contribution is -2.05. The molecule has 1 heterocycles. The number of ether oxygens (including phenoxy) is 1. The molecule has 5 heteroatoms. The maximum absolute atomic E-state index is 11.5. The van der Waals surface area contributed by atoms with Gasteiger partial charge in [-0.05, 0) is 29.8 Å². The van der Waals surface area contributed by atoms with Crippen LogP contribution in [0.3, 0.4) is 0 Å². The second-order valence-electron chi connectivity index (χ2n) is 5.21. The molecule has 1 N–H and O–H groups in total. The first-order valence-electron chi connectivity index (χ1n) is 7.23. The van der Waals surface area contributed by atoms with Crippen molar-refractivity contribution in [1.29, 1.82) is 0 Å². The van der Waals surface area contributed by atoms with Crippen LogP contribution >= 0.6 is 0 Å². The Morgan fingerprint density at radius 1 is 1.08 bits per heavy atom. The van der Waals surface area contributed by atoms with E-state index in [9.17, 15) is 9.90 Å². The van der Waals surface area contributed by atoms with Gasteiger partial charge in [0.05, 0.1) is 6.57 Å². The van der Waals surface area contributed by atoms with E-state index in [-0.39, 0.29) is 5.69 Å². The highest BCUT2D eigenvalue weighted by Gasteiger charge is 2.21. The number of rotatable bonds is 4. The third-order valence-electron chi connectivity index (χ3n) is 3.61. The van der Waals surface area contributed by atoms with Gasteiger partial charge in [0.2, 0.25) is 5.69 Å². The molecule has 0 bridgehead atoms. The lowest BCUT2D eigenvalue weighted by molar-refractivity contribution is 0.0687. The minimum atomic E-state index is -1.06. The Morgan fingerprint density at radius 2 is 1.71 bits per heavy atom. The Balaban J connectivity index is 1.97. The van der Waals surface area contributed by atoms with Crippen LogP contribution in [0.4, 0.5) is 5.69 Å². The van der Waals surface area contributed by atoms with Gasteiger partial charge in [-0.15, -0.1) is 0 Å². The van der Waals surface area contributed by atoms with E-state index in [2.05, 4.69) is 4.85 Å². The van der Waals surface area contributed by atoms with Gasteiger partial charge in [-0.2, -0.15) is 0 Å². The first-order chi connectivity index (χ1) is 11.6. The van der Waals surface area contributed by atoms with Gasteiger partial charge >= 0.3 is 5.97 Å². The van der Waals surface area contributed by atoms with Gasteiger partial charge in [-0.3, -0.25) is 0 Å². The fourth-order valence-corrected chi connectivity index (χ4v) is 2.55. The molecule has 0 atom stereocenters. The van der Waals surface area contributed by atoms with Crippen LogP contribution in [-0.4, -0.2) is 15.6 Å². The van der Waals surface area contributed by atoms with Crippen molar-refractivity contribution in [3.8, 4) is 22.6 Å². The molecule has 0 spiro atoms. The second kappa shape index (κ2) is 6.31. The Morgan fingerprint density at radius 3 is 2.29 bits per heavy atom. The number of hydrogen-bond donors (Lipinski definition) is 1. The summed E-state index contributed by atoms with van der Waals surface area (Å²) >= 11 is 0. The zero-order chi connectivity index (χ0) is 17.1. The van der Waals surface area contributed by atoms with Crippen LogP contribution in [0.5, 0.6) is 11.5 Å². The van der Waals surface area contributed by atoms with Crippen molar-refractivity contribution in [3.63, 3.8) is 0 Å². The van der Waals surface area contributed by atoms with E-state index >= 15 is 0 Å². The quantitative estimate of drug-likeness (QED) is 0.707. The van der Waals surface area contributed by atoms with Gasteiger partial charge in [-0.25, -0.2) is 9.64 Å². The molecule has 0 aliphatic carbocycles. The SMILES string of the molecule is [C-]#[N+]c1cn(C)c(C(=O)O)c1-c1ccc(Oc2ccccc2)cc1. The minimum absolute atomic E-state index is 0.0951. The summed E-state index contributed by atoms with van der Waals surface area (Å²) in [7, 11) is 1.62. The Labute approximate surface area is 139 Å². The lowest BCUT2D eigenvalue weighted by atomic mass is 10.0. The molecule has 0 unspecified atom stereocenters. The number of aryl methyl sites for hydroxylation is 1. The summed E-state index contributed by atoms with van der Waals surface area (Å²) in [4.78, 5) is 14.9. The molecular weight excluding hydrogens is 304 g/mol. The van der Waals surface area contributed by atoms with E-state index in [0.29, 0.717) is 22.6 Å². The topological polar surface area (TPSA) is 55.8 Å². The number of carbonyl (C=O) groups is 1. The minimum Gasteiger partial charge on any atom is -0.477 e. The second-order valence-corrected chi connectivity index (χ2v) is 5.21. The maximum Gasteiger partial charge on any atom is 0.351 e. The van der Waals surface area contributed by atoms with E-state index in [1.165, 1.54) is 10.8 Å². The van der Waals surface area contributed by atoms with Crippen molar-refractivity contribution < 1.29 is 14.6 Å². The molecule has 0 fully saturated rings. The first-order valence-corrected chi connectivity index (χ1v) is 7.23.